The molecule has 1 saturated heterocycles. The Morgan fingerprint density at radius 3 is 2.70 bits per heavy atom. The summed E-state index contributed by atoms with van der Waals surface area (Å²) in [4.78, 5) is 20.7. The molecule has 1 aromatic heterocycles. The Morgan fingerprint density at radius 2 is 2.05 bits per heavy atom. The quantitative estimate of drug-likeness (QED) is 0.510. The zero-order chi connectivity index (χ0) is 14.5. The van der Waals surface area contributed by atoms with Gasteiger partial charge in [-0.2, -0.15) is 4.98 Å². The number of rotatable bonds is 5. The number of aryl methyl sites for hydroxylation is 1. The molecular weight excluding hydrogens is 282 g/mol. The van der Waals surface area contributed by atoms with Gasteiger partial charge in [-0.3, -0.25) is 10.1 Å². The Bertz CT molecular complexity index is 491. The molecule has 0 aromatic carbocycles. The topological polar surface area (TPSA) is 84.2 Å². The third-order valence-electron chi connectivity index (χ3n) is 3.38. The predicted molar refractivity (Wildman–Crippen MR) is 77.2 cm³/mol. The van der Waals surface area contributed by atoms with E-state index in [0.29, 0.717) is 6.54 Å². The van der Waals surface area contributed by atoms with Crippen molar-refractivity contribution in [2.24, 2.45) is 0 Å². The highest BCUT2D eigenvalue weighted by Gasteiger charge is 2.21. The smallest absolute Gasteiger partial charge is 0.332 e. The molecule has 8 heteroatoms. The minimum Gasteiger partial charge on any atom is -0.363 e. The second-order valence-electron chi connectivity index (χ2n) is 4.86. The molecule has 110 valence electrons. The van der Waals surface area contributed by atoms with Crippen LogP contribution in [0.5, 0.6) is 0 Å². The third-order valence-corrected chi connectivity index (χ3v) is 3.55. The molecule has 0 unspecified atom stereocenters. The van der Waals surface area contributed by atoms with Gasteiger partial charge in [-0.1, -0.05) is 6.42 Å². The average molecular weight is 300 g/mol. The van der Waals surface area contributed by atoms with Crippen LogP contribution in [-0.2, 0) is 0 Å². The summed E-state index contributed by atoms with van der Waals surface area (Å²) in [5.41, 5.74) is 0.170. The van der Waals surface area contributed by atoms with E-state index in [4.69, 9.17) is 11.6 Å². The van der Waals surface area contributed by atoms with E-state index in [1.54, 1.807) is 6.92 Å². The van der Waals surface area contributed by atoms with Crippen LogP contribution in [-0.4, -0.2) is 46.0 Å². The lowest BCUT2D eigenvalue weighted by molar-refractivity contribution is -0.385. The first kappa shape index (κ1) is 14.9. The monoisotopic (exact) mass is 299 g/mol. The van der Waals surface area contributed by atoms with Crippen LogP contribution in [0.15, 0.2) is 0 Å². The number of nitrogens with zero attached hydrogens (tertiary/aromatic N) is 4. The van der Waals surface area contributed by atoms with Crippen LogP contribution in [0.3, 0.4) is 0 Å². The van der Waals surface area contributed by atoms with Crippen molar-refractivity contribution >= 4 is 23.1 Å². The molecule has 1 fully saturated rings. The molecule has 0 amide bonds. The minimum atomic E-state index is -0.477. The standard InChI is InChI=1S/C12H18ClN5O2/c1-9-10(18(19)20)11(16-12(13)15-9)14-5-8-17-6-3-2-4-7-17/h2-8H2,1H3,(H,14,15,16). The van der Waals surface area contributed by atoms with Gasteiger partial charge in [0.15, 0.2) is 0 Å². The Hall–Kier alpha value is -1.47. The first-order valence-corrected chi connectivity index (χ1v) is 7.10. The lowest BCUT2D eigenvalue weighted by atomic mass is 10.1. The molecule has 2 heterocycles. The number of likely N-dealkylation sites (tertiary alicyclic amines) is 1. The maximum atomic E-state index is 11.1. The highest BCUT2D eigenvalue weighted by Crippen LogP contribution is 2.26. The normalized spacial score (nSPS) is 16.1. The molecule has 7 nitrogen and oxygen atoms in total. The van der Waals surface area contributed by atoms with Crippen molar-refractivity contribution in [3.63, 3.8) is 0 Å². The highest BCUT2D eigenvalue weighted by molar-refractivity contribution is 6.28. The number of halogens is 1. The van der Waals surface area contributed by atoms with Crippen molar-refractivity contribution in [3.05, 3.63) is 21.1 Å². The zero-order valence-electron chi connectivity index (χ0n) is 11.4. The van der Waals surface area contributed by atoms with Gasteiger partial charge in [0, 0.05) is 13.1 Å². The van der Waals surface area contributed by atoms with Crippen LogP contribution >= 0.6 is 11.6 Å². The molecule has 0 radical (unpaired) electrons. The van der Waals surface area contributed by atoms with Gasteiger partial charge in [0.25, 0.3) is 0 Å². The number of piperidine rings is 1. The molecule has 0 saturated carbocycles. The second-order valence-corrected chi connectivity index (χ2v) is 5.20. The Morgan fingerprint density at radius 1 is 1.35 bits per heavy atom. The number of nitro groups is 1. The van der Waals surface area contributed by atoms with Gasteiger partial charge in [0.05, 0.1) is 4.92 Å². The molecule has 0 bridgehead atoms. The predicted octanol–water partition coefficient (Wildman–Crippen LogP) is 2.24. The summed E-state index contributed by atoms with van der Waals surface area (Å²) in [6.07, 6.45) is 3.73. The summed E-state index contributed by atoms with van der Waals surface area (Å²) >= 11 is 5.76. The van der Waals surface area contributed by atoms with E-state index in [2.05, 4.69) is 20.2 Å². The number of anilines is 1. The van der Waals surface area contributed by atoms with Gasteiger partial charge < -0.3 is 10.2 Å². The number of nitrogens with one attached hydrogen (secondary N) is 1. The van der Waals surface area contributed by atoms with Crippen LogP contribution in [0.25, 0.3) is 0 Å². The van der Waals surface area contributed by atoms with E-state index < -0.39 is 4.92 Å². The summed E-state index contributed by atoms with van der Waals surface area (Å²) in [7, 11) is 0. The molecule has 0 spiro atoms. The Labute approximate surface area is 122 Å². The van der Waals surface area contributed by atoms with E-state index >= 15 is 0 Å². The van der Waals surface area contributed by atoms with Gasteiger partial charge in [-0.05, 0) is 44.5 Å². The fourth-order valence-corrected chi connectivity index (χ4v) is 2.60. The minimum absolute atomic E-state index is 0.0218. The highest BCUT2D eigenvalue weighted by atomic mass is 35.5. The maximum Gasteiger partial charge on any atom is 0.332 e. The molecular formula is C12H18ClN5O2. The summed E-state index contributed by atoms with van der Waals surface area (Å²) in [5, 5.41) is 14.1. The van der Waals surface area contributed by atoms with Crippen molar-refractivity contribution in [1.82, 2.24) is 14.9 Å². The Kier molecular flexibility index (Phi) is 5.08. The van der Waals surface area contributed by atoms with Crippen LogP contribution in [0.2, 0.25) is 5.28 Å². The third kappa shape index (κ3) is 3.77. The number of hydrogen-bond acceptors (Lipinski definition) is 6. The molecule has 1 N–H and O–H groups in total. The van der Waals surface area contributed by atoms with Gasteiger partial charge in [-0.15, -0.1) is 0 Å². The van der Waals surface area contributed by atoms with E-state index in [9.17, 15) is 10.1 Å². The molecule has 2 rings (SSSR count). The van der Waals surface area contributed by atoms with Gasteiger partial charge in [-0.25, -0.2) is 4.98 Å². The summed E-state index contributed by atoms with van der Waals surface area (Å²) < 4.78 is 0. The summed E-state index contributed by atoms with van der Waals surface area (Å²) in [6, 6.07) is 0. The first-order valence-electron chi connectivity index (χ1n) is 6.72. The van der Waals surface area contributed by atoms with Crippen molar-refractivity contribution in [2.45, 2.75) is 26.2 Å². The molecule has 1 aliphatic rings. The average Bonchev–Trinajstić information content (AvgIpc) is 2.38. The molecule has 0 atom stereocenters. The molecule has 1 aliphatic heterocycles. The largest absolute Gasteiger partial charge is 0.363 e. The van der Waals surface area contributed by atoms with Crippen LogP contribution < -0.4 is 5.32 Å². The van der Waals surface area contributed by atoms with Crippen molar-refractivity contribution < 1.29 is 4.92 Å². The summed E-state index contributed by atoms with van der Waals surface area (Å²) in [5.74, 6) is 0.199. The van der Waals surface area contributed by atoms with Crippen molar-refractivity contribution in [1.29, 1.82) is 0 Å². The Balaban J connectivity index is 1.99. The zero-order valence-corrected chi connectivity index (χ0v) is 12.2. The van der Waals surface area contributed by atoms with E-state index in [0.717, 1.165) is 19.6 Å². The van der Waals surface area contributed by atoms with E-state index in [1.807, 2.05) is 0 Å². The molecule has 20 heavy (non-hydrogen) atoms. The van der Waals surface area contributed by atoms with Crippen LogP contribution in [0, 0.1) is 17.0 Å². The van der Waals surface area contributed by atoms with Gasteiger partial charge in [0.1, 0.15) is 5.69 Å². The molecule has 1 aromatic rings. The fourth-order valence-electron chi connectivity index (χ4n) is 2.39. The first-order chi connectivity index (χ1) is 9.58. The second kappa shape index (κ2) is 6.81. The fraction of sp³-hybridized carbons (Fsp3) is 0.667. The van der Waals surface area contributed by atoms with Crippen LogP contribution in [0.4, 0.5) is 11.5 Å². The lowest BCUT2D eigenvalue weighted by Gasteiger charge is -2.26. The van der Waals surface area contributed by atoms with Gasteiger partial charge in [0.2, 0.25) is 11.1 Å². The SMILES string of the molecule is Cc1nc(Cl)nc(NCCN2CCCCC2)c1[N+](=O)[O-]. The van der Waals surface area contributed by atoms with E-state index in [1.165, 1.54) is 19.3 Å². The van der Waals surface area contributed by atoms with E-state index in [-0.39, 0.29) is 22.5 Å². The van der Waals surface area contributed by atoms with Gasteiger partial charge >= 0.3 is 5.69 Å². The number of hydrogen-bond donors (Lipinski definition) is 1. The van der Waals surface area contributed by atoms with Crippen molar-refractivity contribution in [2.75, 3.05) is 31.5 Å². The summed E-state index contributed by atoms with van der Waals surface area (Å²) in [6.45, 7) is 5.19. The lowest BCUT2D eigenvalue weighted by Crippen LogP contribution is -2.33. The maximum absolute atomic E-state index is 11.1. The number of aromatic nitrogens is 2. The van der Waals surface area contributed by atoms with Crippen LogP contribution in [0.1, 0.15) is 25.0 Å². The van der Waals surface area contributed by atoms with Crippen molar-refractivity contribution in [3.8, 4) is 0 Å². The molecule has 0 aliphatic carbocycles.